The fourth-order valence-corrected chi connectivity index (χ4v) is 4.71. The van der Waals surface area contributed by atoms with Gasteiger partial charge in [-0.1, -0.05) is 43.7 Å². The molecule has 0 saturated carbocycles. The van der Waals surface area contributed by atoms with E-state index in [9.17, 15) is 13.8 Å². The number of nitrogens with one attached hydrogen (secondary N) is 1. The number of amides is 1. The van der Waals surface area contributed by atoms with Gasteiger partial charge in [-0.2, -0.15) is 4.98 Å². The molecule has 1 atom stereocenters. The van der Waals surface area contributed by atoms with Crippen LogP contribution in [0, 0.1) is 11.7 Å². The Labute approximate surface area is 187 Å². The third kappa shape index (κ3) is 4.38. The van der Waals surface area contributed by atoms with Gasteiger partial charge in [-0.15, -0.1) is 0 Å². The van der Waals surface area contributed by atoms with Crippen LogP contribution in [0.3, 0.4) is 0 Å². The Kier molecular flexibility index (Phi) is 6.68. The van der Waals surface area contributed by atoms with E-state index in [1.807, 2.05) is 45.0 Å². The molecular weight excluding hydrogens is 430 g/mol. The number of carbonyl (C=O) groups is 1. The minimum atomic E-state index is -3.29. The number of aryl methyl sites for hydroxylation is 1. The molecular formula is C21H29N7O3S. The highest BCUT2D eigenvalue weighted by atomic mass is 32.2. The van der Waals surface area contributed by atoms with Crippen molar-refractivity contribution >= 4 is 32.7 Å². The van der Waals surface area contributed by atoms with E-state index in [0.29, 0.717) is 19.4 Å². The maximum atomic E-state index is 13.4. The first-order valence-corrected chi connectivity index (χ1v) is 12.2. The van der Waals surface area contributed by atoms with Crippen LogP contribution in [0.2, 0.25) is 0 Å². The van der Waals surface area contributed by atoms with E-state index >= 15 is 0 Å². The van der Waals surface area contributed by atoms with Crippen LogP contribution in [-0.2, 0) is 16.3 Å². The van der Waals surface area contributed by atoms with E-state index in [4.69, 9.17) is 10.5 Å². The Morgan fingerprint density at radius 3 is 2.44 bits per heavy atom. The third-order valence-corrected chi connectivity index (χ3v) is 6.85. The molecule has 1 amide bonds. The van der Waals surface area contributed by atoms with Crippen LogP contribution < -0.4 is 11.4 Å². The lowest BCUT2D eigenvalue weighted by Gasteiger charge is -2.16. The number of hydrogen-bond donors (Lipinski definition) is 2. The molecule has 11 heteroatoms. The summed E-state index contributed by atoms with van der Waals surface area (Å²) in [5, 5.41) is -0.228. The zero-order chi connectivity index (χ0) is 23.6. The first kappa shape index (κ1) is 23.5. The second-order valence-corrected chi connectivity index (χ2v) is 9.96. The van der Waals surface area contributed by atoms with Gasteiger partial charge in [0, 0.05) is 19.3 Å². The second-order valence-electron chi connectivity index (χ2n) is 7.84. The molecule has 0 saturated heterocycles. The quantitative estimate of drug-likeness (QED) is 0.521. The third-order valence-electron chi connectivity index (χ3n) is 5.10. The molecule has 0 bridgehead atoms. The van der Waals surface area contributed by atoms with Crippen molar-refractivity contribution in [2.75, 3.05) is 25.1 Å². The summed E-state index contributed by atoms with van der Waals surface area (Å²) in [6, 6.07) is 7.06. The fourth-order valence-electron chi connectivity index (χ4n) is 3.47. The standard InChI is InChI=1S/C21H29N7O3S/c1-5-11-26(4)20(29)28-16-17(22)24-19(32(23,31)12-6-2)25-18(16)27(21(28)30)13-15-9-7-14(3)8-10-15/h7-10,23H,5-6,11-13H2,1-4H3,(H2,22,24,25)/t32-/m0/s1. The normalized spacial score (nSPS) is 13.2. The van der Waals surface area contributed by atoms with Crippen molar-refractivity contribution in [3.05, 3.63) is 45.9 Å². The molecule has 2 aromatic heterocycles. The number of benzene rings is 1. The highest BCUT2D eigenvalue weighted by Gasteiger charge is 2.27. The summed E-state index contributed by atoms with van der Waals surface area (Å²) in [5.74, 6) is -0.0852. The lowest BCUT2D eigenvalue weighted by molar-refractivity contribution is 0.210. The van der Waals surface area contributed by atoms with E-state index in [0.717, 1.165) is 15.7 Å². The molecule has 1 aromatic carbocycles. The average Bonchev–Trinajstić information content (AvgIpc) is 3.01. The van der Waals surface area contributed by atoms with Gasteiger partial charge < -0.3 is 10.6 Å². The number of nitrogens with two attached hydrogens (primary N) is 1. The molecule has 3 aromatic rings. The van der Waals surface area contributed by atoms with Crippen molar-refractivity contribution < 1.29 is 9.00 Å². The van der Waals surface area contributed by atoms with Crippen LogP contribution in [0.1, 0.15) is 37.8 Å². The molecule has 0 radical (unpaired) electrons. The molecule has 0 aliphatic carbocycles. The molecule has 2 heterocycles. The molecule has 0 aliphatic rings. The summed E-state index contributed by atoms with van der Waals surface area (Å²) >= 11 is 0. The SMILES string of the molecule is CCCN(C)C(=O)n1c(=O)n(Cc2ccc(C)cc2)c2nc([S@@](=N)(=O)CCC)nc(N)c21. The van der Waals surface area contributed by atoms with Crippen LogP contribution in [0.15, 0.2) is 34.2 Å². The summed E-state index contributed by atoms with van der Waals surface area (Å²) in [5.41, 5.74) is 7.59. The van der Waals surface area contributed by atoms with Crippen molar-refractivity contribution in [3.63, 3.8) is 0 Å². The van der Waals surface area contributed by atoms with E-state index in [1.54, 1.807) is 7.05 Å². The van der Waals surface area contributed by atoms with Crippen LogP contribution >= 0.6 is 0 Å². The number of anilines is 1. The zero-order valence-corrected chi connectivity index (χ0v) is 19.6. The number of imidazole rings is 1. The molecule has 0 spiro atoms. The summed E-state index contributed by atoms with van der Waals surface area (Å²) in [4.78, 5) is 36.3. The molecule has 32 heavy (non-hydrogen) atoms. The molecule has 3 rings (SSSR count). The van der Waals surface area contributed by atoms with Gasteiger partial charge in [-0.05, 0) is 25.3 Å². The summed E-state index contributed by atoms with van der Waals surface area (Å²) in [7, 11) is -1.69. The number of rotatable bonds is 7. The van der Waals surface area contributed by atoms with Crippen LogP contribution in [-0.4, -0.2) is 53.6 Å². The van der Waals surface area contributed by atoms with Crippen molar-refractivity contribution in [2.24, 2.45) is 0 Å². The minimum absolute atomic E-state index is 0.0607. The van der Waals surface area contributed by atoms with Crippen molar-refractivity contribution in [3.8, 4) is 0 Å². The van der Waals surface area contributed by atoms with E-state index < -0.39 is 21.4 Å². The number of fused-ring (bicyclic) bond motifs is 1. The lowest BCUT2D eigenvalue weighted by atomic mass is 10.1. The maximum Gasteiger partial charge on any atom is 0.339 e. The molecule has 172 valence electrons. The highest BCUT2D eigenvalue weighted by Crippen LogP contribution is 2.22. The number of nitrogens with zero attached hydrogens (tertiary/aromatic N) is 5. The molecule has 10 nitrogen and oxygen atoms in total. The lowest BCUT2D eigenvalue weighted by Crippen LogP contribution is -2.38. The van der Waals surface area contributed by atoms with Gasteiger partial charge in [-0.25, -0.2) is 28.1 Å². The number of hydrogen-bond acceptors (Lipinski definition) is 7. The molecule has 0 unspecified atom stereocenters. The van der Waals surface area contributed by atoms with E-state index in [-0.39, 0.29) is 34.4 Å². The first-order chi connectivity index (χ1) is 15.1. The van der Waals surface area contributed by atoms with Gasteiger partial charge >= 0.3 is 11.7 Å². The van der Waals surface area contributed by atoms with Gasteiger partial charge in [0.25, 0.3) is 0 Å². The van der Waals surface area contributed by atoms with Crippen LogP contribution in [0.5, 0.6) is 0 Å². The topological polar surface area (TPSA) is 140 Å². The predicted molar refractivity (Wildman–Crippen MR) is 124 cm³/mol. The van der Waals surface area contributed by atoms with Gasteiger partial charge in [0.2, 0.25) is 5.16 Å². The van der Waals surface area contributed by atoms with Gasteiger partial charge in [0.05, 0.1) is 6.54 Å². The minimum Gasteiger partial charge on any atom is -0.382 e. The van der Waals surface area contributed by atoms with Crippen LogP contribution in [0.4, 0.5) is 10.6 Å². The van der Waals surface area contributed by atoms with Gasteiger partial charge in [-0.3, -0.25) is 4.57 Å². The summed E-state index contributed by atoms with van der Waals surface area (Å²) < 4.78 is 23.3. The Morgan fingerprint density at radius 2 is 1.84 bits per heavy atom. The van der Waals surface area contributed by atoms with Crippen molar-refractivity contribution in [1.29, 1.82) is 4.78 Å². The number of carbonyl (C=O) groups excluding carboxylic acids is 1. The predicted octanol–water partition coefficient (Wildman–Crippen LogP) is 2.66. The summed E-state index contributed by atoms with van der Waals surface area (Å²) in [6.45, 7) is 6.28. The van der Waals surface area contributed by atoms with E-state index in [2.05, 4.69) is 9.97 Å². The van der Waals surface area contributed by atoms with E-state index in [1.165, 1.54) is 9.47 Å². The van der Waals surface area contributed by atoms with Crippen molar-refractivity contribution in [2.45, 2.75) is 45.3 Å². The number of aromatic nitrogens is 4. The molecule has 0 fully saturated rings. The smallest absolute Gasteiger partial charge is 0.339 e. The largest absolute Gasteiger partial charge is 0.382 e. The van der Waals surface area contributed by atoms with Gasteiger partial charge in [0.1, 0.15) is 15.2 Å². The average molecular weight is 460 g/mol. The van der Waals surface area contributed by atoms with Gasteiger partial charge in [0.15, 0.2) is 11.5 Å². The maximum absolute atomic E-state index is 13.4. The monoisotopic (exact) mass is 459 g/mol. The number of nitrogen functional groups attached to an aromatic ring is 1. The molecule has 0 aliphatic heterocycles. The fraction of sp³-hybridized carbons (Fsp3) is 0.429. The highest BCUT2D eigenvalue weighted by molar-refractivity contribution is 7.92. The first-order valence-electron chi connectivity index (χ1n) is 10.5. The Balaban J connectivity index is 2.30. The Bertz CT molecular complexity index is 1310. The van der Waals surface area contributed by atoms with Crippen molar-refractivity contribution in [1.82, 2.24) is 24.0 Å². The molecule has 3 N–H and O–H groups in total. The Morgan fingerprint density at radius 1 is 1.19 bits per heavy atom. The Hall–Kier alpha value is -3.21. The zero-order valence-electron chi connectivity index (χ0n) is 18.8. The summed E-state index contributed by atoms with van der Waals surface area (Å²) in [6.07, 6.45) is 1.22. The van der Waals surface area contributed by atoms with Crippen LogP contribution in [0.25, 0.3) is 11.2 Å². The second kappa shape index (κ2) is 9.11.